The summed E-state index contributed by atoms with van der Waals surface area (Å²) in [6.07, 6.45) is 2.08. The third-order valence-electron chi connectivity index (χ3n) is 11.6. The number of aliphatic hydroxyl groups is 1. The standard InChI is InChI=1S/C50H62F2N8O11/c1-29(21-41(64)30(2)55-31(3)62)47(69)57-39(24-42(53)65)49(71)56-38(48(70)54-19-10-13-35(63)27-60-43(66)16-17-44(60)67)18-20-59(45(68)28-61)46(50(4,5)6)40-22-33(36-23-34(51)14-15-37(36)52)26-58(40)25-32-11-8-7-9-12-32/h7-9,11-12,14-17,22-23,26,29-30,38-39,46,61H,10,13,18-21,24-25,27-28H2,1-6H3,(H2,53,65)(H,54,70)(H,55,62)(H,56,71)(H,57,69)/t29-,30+,38+,39+,46+/m1/s1. The second kappa shape index (κ2) is 25.4. The first-order valence-electron chi connectivity index (χ1n) is 23.0. The maximum atomic E-state index is 15.3. The number of nitrogens with zero attached hydrogens (tertiary/aromatic N) is 3. The minimum absolute atomic E-state index is 0.0281. The molecule has 3 aromatic rings. The first-order valence-corrected chi connectivity index (χ1v) is 23.0. The molecule has 4 rings (SSSR count). The largest absolute Gasteiger partial charge is 0.387 e. The van der Waals surface area contributed by atoms with Crippen LogP contribution in [0, 0.1) is 23.0 Å². The molecule has 2 aromatic carbocycles. The molecule has 1 aliphatic rings. The SMILES string of the molecule is CC(=O)N[C@@H](C)C(=O)C[C@@H](C)C(=O)N[C@@H](CC(N)=O)C(=O)N[C@@H](CCN(C(=O)CO)[C@@H](c1cc(-c2cc(F)ccc2F)cn1Cc1ccccc1)C(C)(C)C)C(=O)NCCCC(=O)CN1C(=O)C=CC1=O. The minimum Gasteiger partial charge on any atom is -0.387 e. The van der Waals surface area contributed by atoms with Crippen LogP contribution >= 0.6 is 0 Å². The van der Waals surface area contributed by atoms with Gasteiger partial charge >= 0.3 is 0 Å². The summed E-state index contributed by atoms with van der Waals surface area (Å²) in [6, 6.07) is 8.70. The van der Waals surface area contributed by atoms with Crippen molar-refractivity contribution in [2.24, 2.45) is 17.1 Å². The van der Waals surface area contributed by atoms with Gasteiger partial charge in [-0.25, -0.2) is 8.78 Å². The summed E-state index contributed by atoms with van der Waals surface area (Å²) >= 11 is 0. The molecule has 19 nitrogen and oxygen atoms in total. The van der Waals surface area contributed by atoms with Crippen LogP contribution in [-0.2, 0) is 54.5 Å². The lowest BCUT2D eigenvalue weighted by molar-refractivity contribution is -0.141. The number of halogens is 2. The first kappa shape index (κ1) is 56.2. The highest BCUT2D eigenvalue weighted by atomic mass is 19.1. The highest BCUT2D eigenvalue weighted by molar-refractivity contribution is 6.14. The van der Waals surface area contributed by atoms with Gasteiger partial charge < -0.3 is 41.6 Å². The molecule has 5 atom stereocenters. The Hall–Kier alpha value is -7.42. The van der Waals surface area contributed by atoms with Crippen LogP contribution in [0.15, 0.2) is 72.9 Å². The van der Waals surface area contributed by atoms with Gasteiger partial charge in [-0.15, -0.1) is 0 Å². The molecule has 0 spiro atoms. The number of nitrogens with two attached hydrogens (primary N) is 1. The Balaban J connectivity index is 1.68. The molecule has 1 aromatic heterocycles. The second-order valence-electron chi connectivity index (χ2n) is 18.5. The van der Waals surface area contributed by atoms with E-state index in [-0.39, 0.29) is 56.4 Å². The fraction of sp³-hybridized carbons (Fsp3) is 0.440. The van der Waals surface area contributed by atoms with E-state index in [4.69, 9.17) is 5.73 Å². The van der Waals surface area contributed by atoms with Gasteiger partial charge in [0.1, 0.15) is 30.3 Å². The number of ketones is 2. The van der Waals surface area contributed by atoms with E-state index in [0.29, 0.717) is 5.69 Å². The fourth-order valence-corrected chi connectivity index (χ4v) is 8.05. The van der Waals surface area contributed by atoms with E-state index >= 15 is 4.39 Å². The summed E-state index contributed by atoms with van der Waals surface area (Å²) in [5, 5.41) is 20.4. The third kappa shape index (κ3) is 16.3. The summed E-state index contributed by atoms with van der Waals surface area (Å²) in [6.45, 7) is 7.69. The molecule has 382 valence electrons. The average Bonchev–Trinajstić information content (AvgIpc) is 3.85. The minimum atomic E-state index is -1.68. The number of hydrogen-bond acceptors (Lipinski definition) is 11. The van der Waals surface area contributed by atoms with Crippen LogP contribution in [0.25, 0.3) is 11.1 Å². The van der Waals surface area contributed by atoms with Crippen molar-refractivity contribution in [1.29, 1.82) is 0 Å². The fourth-order valence-electron chi connectivity index (χ4n) is 8.05. The predicted molar refractivity (Wildman–Crippen MR) is 254 cm³/mol. The lowest BCUT2D eigenvalue weighted by Crippen LogP contribution is -2.56. The quantitative estimate of drug-likeness (QED) is 0.0501. The lowest BCUT2D eigenvalue weighted by Gasteiger charge is -2.41. The van der Waals surface area contributed by atoms with Crippen molar-refractivity contribution in [3.05, 3.63) is 95.8 Å². The molecule has 0 unspecified atom stereocenters. The number of hydrogen-bond donors (Lipinski definition) is 6. The number of amides is 8. The molecule has 2 heterocycles. The number of aromatic nitrogens is 1. The maximum Gasteiger partial charge on any atom is 0.254 e. The van der Waals surface area contributed by atoms with Crippen molar-refractivity contribution in [3.8, 4) is 11.1 Å². The highest BCUT2D eigenvalue weighted by Gasteiger charge is 2.39. The predicted octanol–water partition coefficient (Wildman–Crippen LogP) is 2.14. The number of benzene rings is 2. The van der Waals surface area contributed by atoms with Gasteiger partial charge in [-0.05, 0) is 55.0 Å². The van der Waals surface area contributed by atoms with Gasteiger partial charge in [0.05, 0.1) is 25.0 Å². The Kier molecular flexibility index (Phi) is 20.1. The number of primary amides is 1. The number of carbonyl (C=O) groups is 10. The van der Waals surface area contributed by atoms with Gasteiger partial charge in [0.15, 0.2) is 11.6 Å². The van der Waals surface area contributed by atoms with Crippen molar-refractivity contribution in [1.82, 2.24) is 35.6 Å². The van der Waals surface area contributed by atoms with E-state index in [9.17, 15) is 57.4 Å². The van der Waals surface area contributed by atoms with Crippen LogP contribution < -0.4 is 27.0 Å². The number of Topliss-reactive ketones (excluding diaryl/α,β-unsaturated/α-hetero) is 2. The molecule has 21 heteroatoms. The van der Waals surface area contributed by atoms with E-state index in [1.165, 1.54) is 25.7 Å². The molecule has 0 bridgehead atoms. The smallest absolute Gasteiger partial charge is 0.254 e. The molecule has 71 heavy (non-hydrogen) atoms. The number of carbonyl (C=O) groups excluding carboxylic acids is 10. The van der Waals surface area contributed by atoms with Crippen LogP contribution in [-0.4, -0.2) is 123 Å². The number of nitrogens with one attached hydrogen (secondary N) is 4. The zero-order valence-corrected chi connectivity index (χ0v) is 40.6. The summed E-state index contributed by atoms with van der Waals surface area (Å²) in [4.78, 5) is 131. The molecule has 0 saturated carbocycles. The monoisotopic (exact) mass is 988 g/mol. The Bertz CT molecular complexity index is 2500. The Morgan fingerprint density at radius 2 is 1.48 bits per heavy atom. The zero-order chi connectivity index (χ0) is 52.7. The maximum absolute atomic E-state index is 15.3. The van der Waals surface area contributed by atoms with Crippen LogP contribution in [0.2, 0.25) is 0 Å². The molecule has 0 fully saturated rings. The van der Waals surface area contributed by atoms with Crippen molar-refractivity contribution in [3.63, 3.8) is 0 Å². The molecular weight excluding hydrogens is 927 g/mol. The number of rotatable bonds is 26. The average molecular weight is 989 g/mol. The summed E-state index contributed by atoms with van der Waals surface area (Å²) in [5.41, 5.74) is 6.08. The van der Waals surface area contributed by atoms with E-state index < -0.39 is 126 Å². The zero-order valence-electron chi connectivity index (χ0n) is 40.6. The van der Waals surface area contributed by atoms with E-state index in [1.807, 2.05) is 51.1 Å². The molecule has 0 saturated heterocycles. The molecule has 7 N–H and O–H groups in total. The Morgan fingerprint density at radius 1 is 0.831 bits per heavy atom. The van der Waals surface area contributed by atoms with Gasteiger partial charge in [-0.2, -0.15) is 0 Å². The van der Waals surface area contributed by atoms with Crippen LogP contribution in [0.1, 0.15) is 90.9 Å². The second-order valence-corrected chi connectivity index (χ2v) is 18.5. The van der Waals surface area contributed by atoms with Crippen molar-refractivity contribution < 1.29 is 61.8 Å². The van der Waals surface area contributed by atoms with Crippen LogP contribution in [0.4, 0.5) is 8.78 Å². The Morgan fingerprint density at radius 3 is 2.08 bits per heavy atom. The van der Waals surface area contributed by atoms with Crippen LogP contribution in [0.5, 0.6) is 0 Å². The summed E-state index contributed by atoms with van der Waals surface area (Å²) in [5.74, 6) is -9.75. The molecule has 8 amide bonds. The highest BCUT2D eigenvalue weighted by Crippen LogP contribution is 2.41. The topological polar surface area (TPSA) is 276 Å². The molecule has 0 aliphatic carbocycles. The van der Waals surface area contributed by atoms with E-state index in [0.717, 1.165) is 40.8 Å². The summed E-state index contributed by atoms with van der Waals surface area (Å²) < 4.78 is 31.7. The summed E-state index contributed by atoms with van der Waals surface area (Å²) in [7, 11) is 0. The number of aliphatic hydroxyl groups excluding tert-OH is 1. The molecule has 1 aliphatic heterocycles. The first-order chi connectivity index (χ1) is 33.4. The van der Waals surface area contributed by atoms with Crippen molar-refractivity contribution >= 4 is 58.8 Å². The van der Waals surface area contributed by atoms with E-state index in [2.05, 4.69) is 21.3 Å². The van der Waals surface area contributed by atoms with Gasteiger partial charge in [-0.1, -0.05) is 58.0 Å². The normalized spacial score (nSPS) is 14.5. The number of imide groups is 1. The van der Waals surface area contributed by atoms with Gasteiger partial charge in [0.25, 0.3) is 11.8 Å². The molecule has 0 radical (unpaired) electrons. The third-order valence-corrected chi connectivity index (χ3v) is 11.6. The van der Waals surface area contributed by atoms with Gasteiger partial charge in [0, 0.05) is 80.5 Å². The molecular formula is C50H62F2N8O11. The van der Waals surface area contributed by atoms with Crippen molar-refractivity contribution in [2.45, 2.75) is 104 Å². The van der Waals surface area contributed by atoms with E-state index in [1.54, 1.807) is 16.8 Å². The Labute approximate surface area is 409 Å². The van der Waals surface area contributed by atoms with Crippen molar-refractivity contribution in [2.75, 3.05) is 26.2 Å². The van der Waals surface area contributed by atoms with Gasteiger partial charge in [-0.3, -0.25) is 52.8 Å². The van der Waals surface area contributed by atoms with Gasteiger partial charge in [0.2, 0.25) is 35.4 Å². The lowest BCUT2D eigenvalue weighted by atomic mass is 9.82. The van der Waals surface area contributed by atoms with Crippen LogP contribution in [0.3, 0.4) is 0 Å².